The Labute approximate surface area is 119 Å². The fraction of sp³-hybridized carbons (Fsp3) is 0. The van der Waals surface area contributed by atoms with Crippen LogP contribution in [-0.4, -0.2) is 0 Å². The van der Waals surface area contributed by atoms with E-state index in [-0.39, 0.29) is 0 Å². The summed E-state index contributed by atoms with van der Waals surface area (Å²) in [4.78, 5) is 0. The molecule has 0 aliphatic rings. The molecule has 0 heterocycles. The van der Waals surface area contributed by atoms with E-state index in [1.807, 2.05) is 72.8 Å². The molecule has 0 bridgehead atoms. The topological polar surface area (TPSA) is 17.1 Å². The van der Waals surface area contributed by atoms with Gasteiger partial charge in [-0.05, 0) is 47.5 Å². The van der Waals surface area contributed by atoms with Gasteiger partial charge in [-0.25, -0.2) is 0 Å². The molecule has 0 aromatic heterocycles. The maximum Gasteiger partial charge on any atom is 0.415 e. The highest BCUT2D eigenvalue weighted by Gasteiger charge is 2.22. The zero-order valence-corrected chi connectivity index (χ0v) is 11.8. The van der Waals surface area contributed by atoms with Crippen molar-refractivity contribution in [2.45, 2.75) is 0 Å². The van der Waals surface area contributed by atoms with Gasteiger partial charge in [0, 0.05) is 0 Å². The zero-order chi connectivity index (χ0) is 13.8. The molecule has 0 saturated heterocycles. The van der Waals surface area contributed by atoms with Gasteiger partial charge in [0.15, 0.2) is 10.6 Å². The van der Waals surface area contributed by atoms with Crippen LogP contribution in [0.5, 0.6) is 0 Å². The monoisotopic (exact) mass is 277 g/mol. The van der Waals surface area contributed by atoms with Gasteiger partial charge in [-0.3, -0.25) is 0 Å². The highest BCUT2D eigenvalue weighted by Crippen LogP contribution is 2.22. The largest absolute Gasteiger partial charge is 0.415 e. The lowest BCUT2D eigenvalue weighted by Crippen LogP contribution is -2.05. The standard InChI is InChI=1S/C18H14OP/c19-20(17-9-5-2-6-10-17)18-13-11-16(12-14-18)15-7-3-1-4-8-15/h1-14H/q+1. The van der Waals surface area contributed by atoms with E-state index in [0.29, 0.717) is 0 Å². The fourth-order valence-corrected chi connectivity index (χ4v) is 3.29. The van der Waals surface area contributed by atoms with Gasteiger partial charge in [0.25, 0.3) is 0 Å². The van der Waals surface area contributed by atoms with E-state index in [1.54, 1.807) is 0 Å². The molecule has 3 rings (SSSR count). The van der Waals surface area contributed by atoms with E-state index in [0.717, 1.165) is 16.2 Å². The summed E-state index contributed by atoms with van der Waals surface area (Å²) in [5, 5.41) is 1.74. The predicted octanol–water partition coefficient (Wildman–Crippen LogP) is 4.13. The minimum Gasteiger partial charge on any atom is -0.0622 e. The molecule has 0 amide bonds. The number of benzene rings is 3. The van der Waals surface area contributed by atoms with Crippen LogP contribution in [0.4, 0.5) is 0 Å². The molecule has 96 valence electrons. The molecule has 3 aromatic rings. The number of hydrogen-bond acceptors (Lipinski definition) is 1. The summed E-state index contributed by atoms with van der Waals surface area (Å²) in [7, 11) is -1.50. The Hall–Kier alpha value is -2.24. The van der Waals surface area contributed by atoms with Crippen LogP contribution in [0.15, 0.2) is 84.9 Å². The van der Waals surface area contributed by atoms with Crippen LogP contribution in [0, 0.1) is 0 Å². The first kappa shape index (κ1) is 12.8. The van der Waals surface area contributed by atoms with Gasteiger partial charge in [0.2, 0.25) is 0 Å². The van der Waals surface area contributed by atoms with E-state index < -0.39 is 7.80 Å². The molecule has 0 aliphatic carbocycles. The Morgan fingerprint density at radius 3 is 1.55 bits per heavy atom. The summed E-state index contributed by atoms with van der Waals surface area (Å²) in [6, 6.07) is 27.7. The lowest BCUT2D eigenvalue weighted by molar-refractivity contribution is 0.598. The first-order valence-corrected chi connectivity index (χ1v) is 7.78. The van der Waals surface area contributed by atoms with E-state index in [9.17, 15) is 4.57 Å². The molecule has 0 fully saturated rings. The SMILES string of the molecule is O=[P+](c1ccccc1)c1ccc(-c2ccccc2)cc1. The van der Waals surface area contributed by atoms with Crippen LogP contribution < -0.4 is 10.6 Å². The summed E-state index contributed by atoms with van der Waals surface area (Å²) in [6.07, 6.45) is 0. The van der Waals surface area contributed by atoms with Crippen molar-refractivity contribution in [2.24, 2.45) is 0 Å². The second-order valence-corrected chi connectivity index (χ2v) is 6.16. The van der Waals surface area contributed by atoms with Crippen molar-refractivity contribution < 1.29 is 4.57 Å². The Bertz CT molecular complexity index is 703. The van der Waals surface area contributed by atoms with Crippen molar-refractivity contribution in [3.8, 4) is 11.1 Å². The molecule has 20 heavy (non-hydrogen) atoms. The Kier molecular flexibility index (Phi) is 3.71. The van der Waals surface area contributed by atoms with Gasteiger partial charge >= 0.3 is 7.80 Å². The summed E-state index contributed by atoms with van der Waals surface area (Å²) < 4.78 is 12.4. The van der Waals surface area contributed by atoms with Crippen LogP contribution in [0.3, 0.4) is 0 Å². The molecule has 1 unspecified atom stereocenters. The van der Waals surface area contributed by atoms with Crippen molar-refractivity contribution in [1.29, 1.82) is 0 Å². The van der Waals surface area contributed by atoms with E-state index in [2.05, 4.69) is 12.1 Å². The van der Waals surface area contributed by atoms with Crippen molar-refractivity contribution in [2.75, 3.05) is 0 Å². The van der Waals surface area contributed by atoms with Crippen molar-refractivity contribution in [1.82, 2.24) is 0 Å². The van der Waals surface area contributed by atoms with E-state index in [1.165, 1.54) is 5.56 Å². The molecule has 1 nitrogen and oxygen atoms in total. The average Bonchev–Trinajstić information content (AvgIpc) is 2.56. The molecule has 0 radical (unpaired) electrons. The summed E-state index contributed by atoms with van der Waals surface area (Å²) in [5.41, 5.74) is 2.32. The Morgan fingerprint density at radius 2 is 0.950 bits per heavy atom. The summed E-state index contributed by atoms with van der Waals surface area (Å²) in [5.74, 6) is 0. The molecular formula is C18H14OP+. The first-order valence-electron chi connectivity index (χ1n) is 6.52. The van der Waals surface area contributed by atoms with Gasteiger partial charge in [-0.1, -0.05) is 53.1 Å². The van der Waals surface area contributed by atoms with Gasteiger partial charge in [-0.2, -0.15) is 0 Å². The minimum atomic E-state index is -1.50. The van der Waals surface area contributed by atoms with Gasteiger partial charge in [0.1, 0.15) is 0 Å². The first-order chi connectivity index (χ1) is 9.84. The Morgan fingerprint density at radius 1 is 0.500 bits per heavy atom. The van der Waals surface area contributed by atoms with Crippen molar-refractivity contribution >= 4 is 18.4 Å². The van der Waals surface area contributed by atoms with Crippen LogP contribution >= 0.6 is 7.80 Å². The maximum absolute atomic E-state index is 12.4. The molecule has 0 saturated carbocycles. The van der Waals surface area contributed by atoms with E-state index in [4.69, 9.17) is 0 Å². The van der Waals surface area contributed by atoms with Gasteiger partial charge < -0.3 is 0 Å². The van der Waals surface area contributed by atoms with Gasteiger partial charge in [0.05, 0.1) is 0 Å². The third-order valence-electron chi connectivity index (χ3n) is 3.20. The number of rotatable bonds is 3. The quantitative estimate of drug-likeness (QED) is 0.658. The molecule has 2 heteroatoms. The molecular weight excluding hydrogens is 263 g/mol. The highest BCUT2D eigenvalue weighted by molar-refractivity contribution is 7.61. The third kappa shape index (κ3) is 2.68. The average molecular weight is 277 g/mol. The molecule has 0 aliphatic heterocycles. The fourth-order valence-electron chi connectivity index (χ4n) is 2.13. The predicted molar refractivity (Wildman–Crippen MR) is 85.2 cm³/mol. The highest BCUT2D eigenvalue weighted by atomic mass is 31.1. The second kappa shape index (κ2) is 5.81. The molecule has 3 aromatic carbocycles. The second-order valence-electron chi connectivity index (χ2n) is 4.54. The summed E-state index contributed by atoms with van der Waals surface area (Å²) >= 11 is 0. The smallest absolute Gasteiger partial charge is 0.0622 e. The van der Waals surface area contributed by atoms with Crippen molar-refractivity contribution in [3.05, 3.63) is 84.9 Å². The van der Waals surface area contributed by atoms with E-state index >= 15 is 0 Å². The summed E-state index contributed by atoms with van der Waals surface area (Å²) in [6.45, 7) is 0. The maximum atomic E-state index is 12.4. The molecule has 0 N–H and O–H groups in total. The third-order valence-corrected chi connectivity index (χ3v) is 4.73. The lowest BCUT2D eigenvalue weighted by atomic mass is 10.1. The lowest BCUT2D eigenvalue weighted by Gasteiger charge is -1.99. The normalized spacial score (nSPS) is 11.1. The van der Waals surface area contributed by atoms with Crippen LogP contribution in [-0.2, 0) is 4.57 Å². The van der Waals surface area contributed by atoms with Crippen LogP contribution in [0.1, 0.15) is 0 Å². The molecule has 1 atom stereocenters. The Balaban J connectivity index is 1.89. The van der Waals surface area contributed by atoms with Gasteiger partial charge in [-0.15, -0.1) is 0 Å². The minimum absolute atomic E-state index is 0.867. The van der Waals surface area contributed by atoms with Crippen LogP contribution in [0.2, 0.25) is 0 Å². The number of hydrogen-bond donors (Lipinski definition) is 0. The van der Waals surface area contributed by atoms with Crippen molar-refractivity contribution in [3.63, 3.8) is 0 Å². The molecule has 0 spiro atoms. The van der Waals surface area contributed by atoms with Crippen LogP contribution in [0.25, 0.3) is 11.1 Å². The zero-order valence-electron chi connectivity index (χ0n) is 10.9.